The molecule has 3 heterocycles. The smallest absolute Gasteiger partial charge is 0.123 e. The molecule has 0 bridgehead atoms. The van der Waals surface area contributed by atoms with Gasteiger partial charge in [-0.1, -0.05) is 30.3 Å². The average Bonchev–Trinajstić information content (AvgIpc) is 3.32. The monoisotopic (exact) mass is 391 g/mol. The lowest BCUT2D eigenvalue weighted by atomic mass is 9.77. The maximum absolute atomic E-state index is 13.6. The molecule has 152 valence electrons. The SMILES string of the molecule is Fc1ccc2[nH]cc(CCN3CCC4(CC3)CCN(Cc3ccccc3)C4)c2c1. The van der Waals surface area contributed by atoms with Crippen LogP contribution in [-0.4, -0.2) is 47.5 Å². The largest absolute Gasteiger partial charge is 0.361 e. The highest BCUT2D eigenvalue weighted by Crippen LogP contribution is 2.40. The van der Waals surface area contributed by atoms with Gasteiger partial charge in [0.1, 0.15) is 5.82 Å². The molecular weight excluding hydrogens is 361 g/mol. The summed E-state index contributed by atoms with van der Waals surface area (Å²) in [4.78, 5) is 8.52. The van der Waals surface area contributed by atoms with E-state index in [4.69, 9.17) is 0 Å². The topological polar surface area (TPSA) is 22.3 Å². The van der Waals surface area contributed by atoms with Gasteiger partial charge in [0, 0.05) is 36.7 Å². The summed E-state index contributed by atoms with van der Waals surface area (Å²) in [7, 11) is 0. The lowest BCUT2D eigenvalue weighted by Crippen LogP contribution is -2.42. The number of rotatable bonds is 5. The second kappa shape index (κ2) is 7.92. The van der Waals surface area contributed by atoms with Crippen molar-refractivity contribution in [2.24, 2.45) is 5.41 Å². The Bertz CT molecular complexity index is 957. The molecule has 29 heavy (non-hydrogen) atoms. The number of hydrogen-bond donors (Lipinski definition) is 1. The molecule has 2 aromatic carbocycles. The Kier molecular flexibility index (Phi) is 5.15. The lowest BCUT2D eigenvalue weighted by molar-refractivity contribution is 0.108. The number of hydrogen-bond acceptors (Lipinski definition) is 2. The van der Waals surface area contributed by atoms with Gasteiger partial charge < -0.3 is 9.88 Å². The Morgan fingerprint density at radius 3 is 2.48 bits per heavy atom. The van der Waals surface area contributed by atoms with E-state index in [1.807, 2.05) is 12.3 Å². The number of benzene rings is 2. The first-order valence-electron chi connectivity index (χ1n) is 10.9. The Hall–Kier alpha value is -2.17. The van der Waals surface area contributed by atoms with Crippen LogP contribution in [0.1, 0.15) is 30.4 Å². The van der Waals surface area contributed by atoms with Crippen LogP contribution in [0.3, 0.4) is 0 Å². The van der Waals surface area contributed by atoms with Gasteiger partial charge in [-0.3, -0.25) is 4.90 Å². The van der Waals surface area contributed by atoms with Crippen molar-refractivity contribution < 1.29 is 4.39 Å². The number of halogens is 1. The van der Waals surface area contributed by atoms with E-state index in [0.717, 1.165) is 30.4 Å². The fourth-order valence-corrected chi connectivity index (χ4v) is 5.30. The molecule has 0 aliphatic carbocycles. The first-order valence-corrected chi connectivity index (χ1v) is 10.9. The molecule has 3 nitrogen and oxygen atoms in total. The highest BCUT2D eigenvalue weighted by atomic mass is 19.1. The fourth-order valence-electron chi connectivity index (χ4n) is 5.30. The second-order valence-corrected chi connectivity index (χ2v) is 9.04. The summed E-state index contributed by atoms with van der Waals surface area (Å²) >= 11 is 0. The van der Waals surface area contributed by atoms with Crippen molar-refractivity contribution in [1.82, 2.24) is 14.8 Å². The standard InChI is InChI=1S/C25H30FN3/c26-22-6-7-24-23(16-22)21(17-27-24)8-12-28-13-9-25(10-14-28)11-15-29(19-25)18-20-4-2-1-3-5-20/h1-7,16-17,27H,8-15,18-19H2. The van der Waals surface area contributed by atoms with E-state index >= 15 is 0 Å². The predicted molar refractivity (Wildman–Crippen MR) is 116 cm³/mol. The van der Waals surface area contributed by atoms with Crippen molar-refractivity contribution >= 4 is 10.9 Å². The Balaban J connectivity index is 1.13. The van der Waals surface area contributed by atoms with E-state index in [1.54, 1.807) is 6.07 Å². The molecule has 0 unspecified atom stereocenters. The Labute approximate surface area is 172 Å². The maximum atomic E-state index is 13.6. The third kappa shape index (κ3) is 4.10. The zero-order valence-corrected chi connectivity index (χ0v) is 17.0. The van der Waals surface area contributed by atoms with Gasteiger partial charge in [0.2, 0.25) is 0 Å². The van der Waals surface area contributed by atoms with Gasteiger partial charge in [0.05, 0.1) is 0 Å². The van der Waals surface area contributed by atoms with Crippen molar-refractivity contribution in [3.8, 4) is 0 Å². The number of H-pyrrole nitrogens is 1. The van der Waals surface area contributed by atoms with Crippen LogP contribution in [0, 0.1) is 11.2 Å². The normalized spacial score (nSPS) is 20.0. The Morgan fingerprint density at radius 1 is 0.931 bits per heavy atom. The van der Waals surface area contributed by atoms with Crippen LogP contribution in [0.2, 0.25) is 0 Å². The van der Waals surface area contributed by atoms with Gasteiger partial charge in [-0.05, 0) is 80.1 Å². The number of aromatic amines is 1. The van der Waals surface area contributed by atoms with Crippen molar-refractivity contribution in [2.75, 3.05) is 32.7 Å². The molecule has 1 spiro atoms. The van der Waals surface area contributed by atoms with Crippen LogP contribution in [0.4, 0.5) is 4.39 Å². The fraction of sp³-hybridized carbons (Fsp3) is 0.440. The summed E-state index contributed by atoms with van der Waals surface area (Å²) in [5.41, 5.74) is 4.21. The van der Waals surface area contributed by atoms with Gasteiger partial charge in [-0.15, -0.1) is 0 Å². The third-order valence-corrected chi connectivity index (χ3v) is 7.11. The first-order chi connectivity index (χ1) is 14.2. The molecule has 0 amide bonds. The van der Waals surface area contributed by atoms with Gasteiger partial charge in [-0.25, -0.2) is 4.39 Å². The highest BCUT2D eigenvalue weighted by Gasteiger charge is 2.40. The van der Waals surface area contributed by atoms with Crippen molar-refractivity contribution in [3.05, 3.63) is 71.7 Å². The van der Waals surface area contributed by atoms with Crippen LogP contribution in [0.25, 0.3) is 10.9 Å². The van der Waals surface area contributed by atoms with E-state index < -0.39 is 0 Å². The van der Waals surface area contributed by atoms with E-state index in [0.29, 0.717) is 5.41 Å². The first kappa shape index (κ1) is 18.8. The zero-order valence-electron chi connectivity index (χ0n) is 17.0. The third-order valence-electron chi connectivity index (χ3n) is 7.11. The number of piperidine rings is 1. The van der Waals surface area contributed by atoms with Crippen molar-refractivity contribution in [2.45, 2.75) is 32.2 Å². The van der Waals surface area contributed by atoms with Crippen LogP contribution < -0.4 is 0 Å². The summed E-state index contributed by atoms with van der Waals surface area (Å²) in [6.45, 7) is 7.01. The maximum Gasteiger partial charge on any atom is 0.123 e. The molecule has 2 fully saturated rings. The highest BCUT2D eigenvalue weighted by molar-refractivity contribution is 5.83. The van der Waals surface area contributed by atoms with Crippen molar-refractivity contribution in [1.29, 1.82) is 0 Å². The minimum Gasteiger partial charge on any atom is -0.361 e. The van der Waals surface area contributed by atoms with E-state index in [1.165, 1.54) is 62.6 Å². The van der Waals surface area contributed by atoms with E-state index in [-0.39, 0.29) is 5.82 Å². The van der Waals surface area contributed by atoms with Gasteiger partial charge >= 0.3 is 0 Å². The van der Waals surface area contributed by atoms with Crippen LogP contribution in [-0.2, 0) is 13.0 Å². The molecule has 5 rings (SSSR count). The lowest BCUT2D eigenvalue weighted by Gasteiger charge is -2.39. The number of fused-ring (bicyclic) bond motifs is 1. The minimum atomic E-state index is -0.153. The van der Waals surface area contributed by atoms with Crippen LogP contribution in [0.5, 0.6) is 0 Å². The molecule has 0 radical (unpaired) electrons. The number of likely N-dealkylation sites (tertiary alicyclic amines) is 2. The second-order valence-electron chi connectivity index (χ2n) is 9.04. The molecule has 4 heteroatoms. The summed E-state index contributed by atoms with van der Waals surface area (Å²) in [5.74, 6) is -0.153. The molecular formula is C25H30FN3. The van der Waals surface area contributed by atoms with E-state index in [9.17, 15) is 4.39 Å². The van der Waals surface area contributed by atoms with Crippen LogP contribution >= 0.6 is 0 Å². The molecule has 2 aliphatic heterocycles. The van der Waals surface area contributed by atoms with Gasteiger partial charge in [0.15, 0.2) is 0 Å². The summed E-state index contributed by atoms with van der Waals surface area (Å²) in [5, 5.41) is 1.03. The van der Waals surface area contributed by atoms with E-state index in [2.05, 4.69) is 45.1 Å². The molecule has 1 N–H and O–H groups in total. The quantitative estimate of drug-likeness (QED) is 0.672. The summed E-state index contributed by atoms with van der Waals surface area (Å²) in [6, 6.07) is 15.9. The molecule has 0 atom stereocenters. The molecule has 0 saturated carbocycles. The number of nitrogens with zero attached hydrogens (tertiary/aromatic N) is 2. The molecule has 3 aromatic rings. The summed E-state index contributed by atoms with van der Waals surface area (Å²) in [6.07, 6.45) is 6.99. The van der Waals surface area contributed by atoms with Crippen molar-refractivity contribution in [3.63, 3.8) is 0 Å². The average molecular weight is 392 g/mol. The molecule has 2 saturated heterocycles. The predicted octanol–water partition coefficient (Wildman–Crippen LogP) is 4.84. The van der Waals surface area contributed by atoms with Gasteiger partial charge in [-0.2, -0.15) is 0 Å². The van der Waals surface area contributed by atoms with Gasteiger partial charge in [0.25, 0.3) is 0 Å². The molecule has 1 aromatic heterocycles. The van der Waals surface area contributed by atoms with Crippen LogP contribution in [0.15, 0.2) is 54.7 Å². The summed E-state index contributed by atoms with van der Waals surface area (Å²) < 4.78 is 13.6. The molecule has 2 aliphatic rings. The minimum absolute atomic E-state index is 0.153. The number of nitrogens with one attached hydrogen (secondary N) is 1. The Morgan fingerprint density at radius 2 is 1.69 bits per heavy atom. The number of aromatic nitrogens is 1. The zero-order chi connectivity index (χ0) is 19.7.